The summed E-state index contributed by atoms with van der Waals surface area (Å²) in [7, 11) is 0. The van der Waals surface area contributed by atoms with Gasteiger partial charge in [-0.15, -0.1) is 0 Å². The molecule has 1 aliphatic heterocycles. The largest absolute Gasteiger partial charge is 0.493 e. The van der Waals surface area contributed by atoms with Crippen LogP contribution in [-0.4, -0.2) is 36.5 Å². The number of hydrogen-bond donors (Lipinski definition) is 0. The number of benzene rings is 2. The van der Waals surface area contributed by atoms with Crippen molar-refractivity contribution in [3.8, 4) is 5.75 Å². The van der Waals surface area contributed by atoms with E-state index in [4.69, 9.17) is 9.47 Å². The van der Waals surface area contributed by atoms with Crippen LogP contribution in [0.15, 0.2) is 42.5 Å². The predicted octanol–water partition coefficient (Wildman–Crippen LogP) is 6.46. The maximum atomic E-state index is 13.4. The lowest BCUT2D eigenvalue weighted by Gasteiger charge is -2.52. The molecule has 1 heterocycles. The molecule has 0 N–H and O–H groups in total. The van der Waals surface area contributed by atoms with E-state index in [0.717, 1.165) is 69.1 Å². The summed E-state index contributed by atoms with van der Waals surface area (Å²) in [6.07, 6.45) is 10.2. The average Bonchev–Trinajstić information content (AvgIpc) is 3.02. The second-order valence-electron chi connectivity index (χ2n) is 10.5. The molecule has 2 fully saturated rings. The third-order valence-corrected chi connectivity index (χ3v) is 8.51. The number of carbonyl (C=O) groups excluding carboxylic acids is 2. The topological polar surface area (TPSA) is 55.8 Å². The molecule has 0 spiro atoms. The number of carbonyl (C=O) groups is 2. The van der Waals surface area contributed by atoms with Gasteiger partial charge in [-0.05, 0) is 73.3 Å². The van der Waals surface area contributed by atoms with Gasteiger partial charge in [-0.25, -0.2) is 4.79 Å². The smallest absolute Gasteiger partial charge is 0.410 e. The van der Waals surface area contributed by atoms with Gasteiger partial charge in [-0.3, -0.25) is 4.79 Å². The van der Waals surface area contributed by atoms with E-state index in [1.807, 2.05) is 41.3 Å². The van der Waals surface area contributed by atoms with Gasteiger partial charge >= 0.3 is 6.09 Å². The molecule has 3 aliphatic rings. The molecule has 2 bridgehead atoms. The van der Waals surface area contributed by atoms with Gasteiger partial charge in [-0.2, -0.15) is 0 Å². The maximum absolute atomic E-state index is 13.4. The normalized spacial score (nSPS) is 25.1. The summed E-state index contributed by atoms with van der Waals surface area (Å²) in [5.41, 5.74) is 4.26. The van der Waals surface area contributed by atoms with Crippen LogP contribution in [0.3, 0.4) is 0 Å². The van der Waals surface area contributed by atoms with Gasteiger partial charge in [0.2, 0.25) is 0 Å². The summed E-state index contributed by atoms with van der Waals surface area (Å²) in [5.74, 6) is 1.15. The maximum Gasteiger partial charge on any atom is 0.410 e. The van der Waals surface area contributed by atoms with Crippen molar-refractivity contribution in [1.82, 2.24) is 4.90 Å². The zero-order valence-corrected chi connectivity index (χ0v) is 20.8. The number of fused-ring (bicyclic) bond motifs is 1. The van der Waals surface area contributed by atoms with Crippen LogP contribution in [0.5, 0.6) is 5.75 Å². The first-order chi connectivity index (χ1) is 17.2. The molecule has 2 aromatic rings. The van der Waals surface area contributed by atoms with Gasteiger partial charge < -0.3 is 14.4 Å². The standard InChI is InChI=1S/C30H37NO4/c1-2-3-16-34-28-19-26-23(17-24(28)20-32)18-27-25-12-7-8-13-30(25,26)14-9-15-31(27)29(33)35-21-22-10-5-4-6-11-22/h4-6,10-11,17,19-20,25,27H,2-3,7-9,12-16,18,21H2,1H3/t25?,27-,30-/m0/s1. The van der Waals surface area contributed by atoms with Crippen LogP contribution >= 0.6 is 0 Å². The van der Waals surface area contributed by atoms with Crippen LogP contribution in [0.4, 0.5) is 4.79 Å². The Bertz CT molecular complexity index is 1050. The molecule has 2 aliphatic carbocycles. The van der Waals surface area contributed by atoms with Crippen molar-refractivity contribution in [1.29, 1.82) is 0 Å². The highest BCUT2D eigenvalue weighted by atomic mass is 16.6. The molecule has 1 unspecified atom stereocenters. The van der Waals surface area contributed by atoms with Gasteiger partial charge in [0.15, 0.2) is 6.29 Å². The molecule has 1 saturated heterocycles. The fourth-order valence-corrected chi connectivity index (χ4v) is 6.88. The van der Waals surface area contributed by atoms with Crippen molar-refractivity contribution >= 4 is 12.4 Å². The summed E-state index contributed by atoms with van der Waals surface area (Å²) >= 11 is 0. The van der Waals surface area contributed by atoms with E-state index in [9.17, 15) is 9.59 Å². The minimum Gasteiger partial charge on any atom is -0.493 e. The minimum absolute atomic E-state index is 0.0508. The lowest BCUT2D eigenvalue weighted by atomic mass is 9.54. The lowest BCUT2D eigenvalue weighted by Crippen LogP contribution is -2.54. The Labute approximate surface area is 208 Å². The molecule has 5 nitrogen and oxygen atoms in total. The van der Waals surface area contributed by atoms with Gasteiger partial charge in [-0.1, -0.05) is 56.5 Å². The average molecular weight is 476 g/mol. The zero-order valence-electron chi connectivity index (χ0n) is 20.8. The highest BCUT2D eigenvalue weighted by molar-refractivity contribution is 5.80. The van der Waals surface area contributed by atoms with E-state index in [1.54, 1.807) is 0 Å². The number of amides is 1. The van der Waals surface area contributed by atoms with Crippen molar-refractivity contribution in [2.45, 2.75) is 82.8 Å². The van der Waals surface area contributed by atoms with Crippen LogP contribution in [0.2, 0.25) is 0 Å². The fourth-order valence-electron chi connectivity index (χ4n) is 6.88. The number of nitrogens with zero attached hydrogens (tertiary/aromatic N) is 1. The predicted molar refractivity (Wildman–Crippen MR) is 136 cm³/mol. The molecular weight excluding hydrogens is 438 g/mol. The first kappa shape index (κ1) is 23.9. The van der Waals surface area contributed by atoms with Crippen LogP contribution in [0.1, 0.15) is 85.3 Å². The molecule has 5 rings (SSSR count). The van der Waals surface area contributed by atoms with Crippen LogP contribution in [-0.2, 0) is 23.2 Å². The zero-order chi connectivity index (χ0) is 24.3. The highest BCUT2D eigenvalue weighted by Crippen LogP contribution is 2.56. The highest BCUT2D eigenvalue weighted by Gasteiger charge is 2.53. The Kier molecular flexibility index (Phi) is 7.12. The van der Waals surface area contributed by atoms with Crippen LogP contribution < -0.4 is 4.74 Å². The quantitative estimate of drug-likeness (QED) is 0.340. The number of hydrogen-bond acceptors (Lipinski definition) is 4. The fraction of sp³-hybridized carbons (Fsp3) is 0.533. The molecular formula is C30H37NO4. The van der Waals surface area contributed by atoms with Crippen molar-refractivity contribution in [2.75, 3.05) is 13.2 Å². The minimum atomic E-state index is -0.209. The van der Waals surface area contributed by atoms with E-state index >= 15 is 0 Å². The first-order valence-electron chi connectivity index (χ1n) is 13.4. The molecule has 5 heteroatoms. The Hall–Kier alpha value is -2.82. The second kappa shape index (κ2) is 10.4. The van der Waals surface area contributed by atoms with E-state index in [2.05, 4.69) is 13.0 Å². The van der Waals surface area contributed by atoms with Gasteiger partial charge in [0.05, 0.1) is 12.2 Å². The third-order valence-electron chi connectivity index (χ3n) is 8.51. The Morgan fingerprint density at radius 1 is 1.14 bits per heavy atom. The molecule has 0 aromatic heterocycles. The molecule has 2 aromatic carbocycles. The second-order valence-corrected chi connectivity index (χ2v) is 10.5. The van der Waals surface area contributed by atoms with E-state index in [1.165, 1.54) is 24.0 Å². The van der Waals surface area contributed by atoms with E-state index in [0.29, 0.717) is 24.7 Å². The monoisotopic (exact) mass is 475 g/mol. The summed E-state index contributed by atoms with van der Waals surface area (Å²) in [5, 5.41) is 0. The van der Waals surface area contributed by atoms with Gasteiger partial charge in [0, 0.05) is 18.0 Å². The van der Waals surface area contributed by atoms with Crippen molar-refractivity contribution in [3.05, 3.63) is 64.7 Å². The molecule has 35 heavy (non-hydrogen) atoms. The molecule has 1 amide bonds. The molecule has 3 atom stereocenters. The number of ether oxygens (including phenoxy) is 2. The van der Waals surface area contributed by atoms with E-state index in [-0.39, 0.29) is 17.6 Å². The van der Waals surface area contributed by atoms with Gasteiger partial charge in [0.25, 0.3) is 0 Å². The van der Waals surface area contributed by atoms with Crippen LogP contribution in [0.25, 0.3) is 0 Å². The Morgan fingerprint density at radius 2 is 1.97 bits per heavy atom. The van der Waals surface area contributed by atoms with Gasteiger partial charge in [0.1, 0.15) is 12.4 Å². The molecule has 0 radical (unpaired) electrons. The summed E-state index contributed by atoms with van der Waals surface area (Å²) in [4.78, 5) is 27.3. The first-order valence-corrected chi connectivity index (χ1v) is 13.4. The Morgan fingerprint density at radius 3 is 2.77 bits per heavy atom. The molecule has 1 saturated carbocycles. The number of aldehydes is 1. The Balaban J connectivity index is 1.46. The number of rotatable bonds is 7. The number of unbranched alkanes of at least 4 members (excludes halogenated alkanes) is 1. The number of likely N-dealkylation sites (tertiary alicyclic amines) is 1. The van der Waals surface area contributed by atoms with Crippen molar-refractivity contribution in [2.24, 2.45) is 5.92 Å². The summed E-state index contributed by atoms with van der Waals surface area (Å²) in [6.45, 7) is 3.80. The van der Waals surface area contributed by atoms with Crippen LogP contribution in [0, 0.1) is 5.92 Å². The van der Waals surface area contributed by atoms with Crippen molar-refractivity contribution in [3.63, 3.8) is 0 Å². The van der Waals surface area contributed by atoms with Crippen molar-refractivity contribution < 1.29 is 19.1 Å². The lowest BCUT2D eigenvalue weighted by molar-refractivity contribution is 0.0441. The van der Waals surface area contributed by atoms with E-state index < -0.39 is 0 Å². The summed E-state index contributed by atoms with van der Waals surface area (Å²) in [6, 6.07) is 14.2. The SMILES string of the molecule is CCCCOc1cc2c(cc1C=O)C[C@H]1C3CCCC[C@@]23CCCN1C(=O)OCc1ccccc1. The third kappa shape index (κ3) is 4.57. The molecule has 186 valence electrons. The summed E-state index contributed by atoms with van der Waals surface area (Å²) < 4.78 is 11.9.